The van der Waals surface area contributed by atoms with Gasteiger partial charge in [0.1, 0.15) is 5.75 Å². The summed E-state index contributed by atoms with van der Waals surface area (Å²) in [5, 5.41) is 4.29. The first-order valence-corrected chi connectivity index (χ1v) is 11.8. The van der Waals surface area contributed by atoms with Crippen LogP contribution >= 0.6 is 0 Å². The molecule has 5 rings (SSSR count). The minimum atomic E-state index is 0.0457. The number of methoxy groups -OCH3 is 1. The van der Waals surface area contributed by atoms with E-state index in [0.29, 0.717) is 12.5 Å². The third-order valence-corrected chi connectivity index (χ3v) is 6.84. The van der Waals surface area contributed by atoms with Gasteiger partial charge in [-0.05, 0) is 79.9 Å². The quantitative estimate of drug-likeness (QED) is 0.600. The van der Waals surface area contributed by atoms with Crippen LogP contribution in [-0.2, 0) is 9.53 Å². The lowest BCUT2D eigenvalue weighted by Gasteiger charge is -2.31. The number of carbonyl (C=O) groups excluding carboxylic acids is 1. The second-order valence-electron chi connectivity index (χ2n) is 8.90. The monoisotopic (exact) mass is 448 g/mol. The number of aromatic nitrogens is 1. The van der Waals surface area contributed by atoms with Gasteiger partial charge >= 0.3 is 0 Å². The molecule has 0 saturated carbocycles. The molecule has 2 N–H and O–H groups in total. The molecule has 3 aromatic rings. The molecule has 2 saturated heterocycles. The normalized spacial score (nSPS) is 17.9. The Kier molecular flexibility index (Phi) is 6.51. The molecule has 7 nitrogen and oxygen atoms in total. The Morgan fingerprint density at radius 1 is 1.09 bits per heavy atom. The Morgan fingerprint density at radius 3 is 2.58 bits per heavy atom. The second kappa shape index (κ2) is 9.85. The van der Waals surface area contributed by atoms with Crippen LogP contribution in [0.4, 0.5) is 11.4 Å². The lowest BCUT2D eigenvalue weighted by molar-refractivity contribution is -0.117. The maximum atomic E-state index is 12.6. The van der Waals surface area contributed by atoms with E-state index < -0.39 is 0 Å². The summed E-state index contributed by atoms with van der Waals surface area (Å²) in [6.07, 6.45) is 4.23. The van der Waals surface area contributed by atoms with Gasteiger partial charge in [-0.15, -0.1) is 0 Å². The minimum Gasteiger partial charge on any atom is -0.497 e. The Bertz CT molecular complexity index is 1080. The van der Waals surface area contributed by atoms with Crippen molar-refractivity contribution in [2.45, 2.75) is 18.8 Å². The molecule has 2 fully saturated rings. The van der Waals surface area contributed by atoms with Crippen molar-refractivity contribution in [1.82, 2.24) is 9.88 Å². The highest BCUT2D eigenvalue weighted by Crippen LogP contribution is 2.34. The van der Waals surface area contributed by atoms with Crippen LogP contribution in [0.1, 0.15) is 24.3 Å². The highest BCUT2D eigenvalue weighted by molar-refractivity contribution is 5.92. The van der Waals surface area contributed by atoms with E-state index >= 15 is 0 Å². The van der Waals surface area contributed by atoms with Crippen molar-refractivity contribution in [3.8, 4) is 5.75 Å². The Balaban J connectivity index is 1.13. The number of nitrogens with zero attached hydrogens (tertiary/aromatic N) is 2. The van der Waals surface area contributed by atoms with Crippen LogP contribution in [-0.4, -0.2) is 68.8 Å². The van der Waals surface area contributed by atoms with Crippen LogP contribution in [0.15, 0.2) is 48.7 Å². The van der Waals surface area contributed by atoms with Crippen LogP contribution in [0.2, 0.25) is 0 Å². The van der Waals surface area contributed by atoms with Crippen molar-refractivity contribution >= 4 is 28.2 Å². The lowest BCUT2D eigenvalue weighted by atomic mass is 9.89. The standard InChI is InChI=1S/C26H32N4O3/c1-32-22-6-7-25-23(16-22)24(17-27-25)19-8-10-29(11-9-19)18-26(31)28-20-2-4-21(5-3-20)30-12-14-33-15-13-30/h2-7,16-17,19,27H,8-15,18H2,1H3,(H,28,31). The average Bonchev–Trinajstić information content (AvgIpc) is 3.28. The van der Waals surface area contributed by atoms with Crippen molar-refractivity contribution in [3.63, 3.8) is 0 Å². The number of nitrogens with one attached hydrogen (secondary N) is 2. The summed E-state index contributed by atoms with van der Waals surface area (Å²) in [7, 11) is 1.70. The summed E-state index contributed by atoms with van der Waals surface area (Å²) in [6.45, 7) is 5.63. The molecule has 2 aromatic carbocycles. The third-order valence-electron chi connectivity index (χ3n) is 6.84. The highest BCUT2D eigenvalue weighted by Gasteiger charge is 2.24. The van der Waals surface area contributed by atoms with E-state index in [1.165, 1.54) is 16.6 Å². The fourth-order valence-corrected chi connectivity index (χ4v) is 4.97. The topological polar surface area (TPSA) is 69.8 Å². The molecular formula is C26H32N4O3. The molecule has 0 bridgehead atoms. The van der Waals surface area contributed by atoms with Gasteiger partial charge in [-0.1, -0.05) is 0 Å². The van der Waals surface area contributed by atoms with E-state index in [9.17, 15) is 4.79 Å². The number of morpholine rings is 1. The van der Waals surface area contributed by atoms with Gasteiger partial charge < -0.3 is 24.7 Å². The molecule has 3 heterocycles. The number of piperidine rings is 1. The molecule has 2 aliphatic rings. The SMILES string of the molecule is COc1ccc2[nH]cc(C3CCN(CC(=O)Nc4ccc(N5CCOCC5)cc4)CC3)c2c1. The van der Waals surface area contributed by atoms with Gasteiger partial charge in [0.05, 0.1) is 26.9 Å². The van der Waals surface area contributed by atoms with Gasteiger partial charge in [-0.2, -0.15) is 0 Å². The fourth-order valence-electron chi connectivity index (χ4n) is 4.97. The number of likely N-dealkylation sites (tertiary alicyclic amines) is 1. The van der Waals surface area contributed by atoms with E-state index in [4.69, 9.17) is 9.47 Å². The third kappa shape index (κ3) is 4.99. The summed E-state index contributed by atoms with van der Waals surface area (Å²) < 4.78 is 10.8. The molecule has 0 aliphatic carbocycles. The van der Waals surface area contributed by atoms with Crippen LogP contribution < -0.4 is 15.0 Å². The van der Waals surface area contributed by atoms with Crippen molar-refractivity contribution in [1.29, 1.82) is 0 Å². The molecule has 174 valence electrons. The Labute approximate surface area is 194 Å². The maximum Gasteiger partial charge on any atom is 0.238 e. The summed E-state index contributed by atoms with van der Waals surface area (Å²) in [5.74, 6) is 1.43. The average molecular weight is 449 g/mol. The maximum absolute atomic E-state index is 12.6. The van der Waals surface area contributed by atoms with Crippen LogP contribution in [0.5, 0.6) is 5.75 Å². The number of amides is 1. The van der Waals surface area contributed by atoms with Crippen LogP contribution in [0.3, 0.4) is 0 Å². The van der Waals surface area contributed by atoms with E-state index in [1.54, 1.807) is 7.11 Å². The zero-order valence-corrected chi connectivity index (χ0v) is 19.2. The Morgan fingerprint density at radius 2 is 1.85 bits per heavy atom. The predicted octanol–water partition coefficient (Wildman–Crippen LogP) is 3.83. The molecular weight excluding hydrogens is 416 g/mol. The van der Waals surface area contributed by atoms with Gasteiger partial charge in [0.2, 0.25) is 5.91 Å². The van der Waals surface area contributed by atoms with Crippen molar-refractivity contribution in [2.75, 3.05) is 63.3 Å². The first kappa shape index (κ1) is 21.8. The molecule has 0 atom stereocenters. The smallest absolute Gasteiger partial charge is 0.238 e. The van der Waals surface area contributed by atoms with Crippen molar-refractivity contribution < 1.29 is 14.3 Å². The number of benzene rings is 2. The van der Waals surface area contributed by atoms with Gasteiger partial charge in [0.25, 0.3) is 0 Å². The number of carbonyl (C=O) groups is 1. The first-order valence-electron chi connectivity index (χ1n) is 11.8. The van der Waals surface area contributed by atoms with Crippen molar-refractivity contribution in [2.24, 2.45) is 0 Å². The summed E-state index contributed by atoms with van der Waals surface area (Å²) in [5.41, 5.74) is 4.52. The molecule has 0 radical (unpaired) electrons. The summed E-state index contributed by atoms with van der Waals surface area (Å²) >= 11 is 0. The molecule has 1 aromatic heterocycles. The van der Waals surface area contributed by atoms with Gasteiger partial charge in [-0.25, -0.2) is 0 Å². The lowest BCUT2D eigenvalue weighted by Crippen LogP contribution is -2.38. The number of aromatic amines is 1. The Hall–Kier alpha value is -3.03. The number of hydrogen-bond donors (Lipinski definition) is 2. The molecule has 0 spiro atoms. The number of ether oxygens (including phenoxy) is 2. The van der Waals surface area contributed by atoms with E-state index in [-0.39, 0.29) is 5.91 Å². The van der Waals surface area contributed by atoms with E-state index in [0.717, 1.165) is 69.2 Å². The number of H-pyrrole nitrogens is 1. The van der Waals surface area contributed by atoms with Crippen molar-refractivity contribution in [3.05, 3.63) is 54.2 Å². The number of hydrogen-bond acceptors (Lipinski definition) is 5. The van der Waals surface area contributed by atoms with Gasteiger partial charge in [-0.3, -0.25) is 9.69 Å². The molecule has 2 aliphatic heterocycles. The number of fused-ring (bicyclic) bond motifs is 1. The molecule has 0 unspecified atom stereocenters. The predicted molar refractivity (Wildman–Crippen MR) is 131 cm³/mol. The molecule has 1 amide bonds. The van der Waals surface area contributed by atoms with E-state index in [1.807, 2.05) is 18.2 Å². The minimum absolute atomic E-state index is 0.0457. The largest absolute Gasteiger partial charge is 0.497 e. The first-order chi connectivity index (χ1) is 16.2. The zero-order chi connectivity index (χ0) is 22.6. The van der Waals surface area contributed by atoms with Gasteiger partial charge in [0, 0.05) is 41.6 Å². The van der Waals surface area contributed by atoms with Crippen LogP contribution in [0, 0.1) is 0 Å². The summed E-state index contributed by atoms with van der Waals surface area (Å²) in [4.78, 5) is 20.6. The number of anilines is 2. The second-order valence-corrected chi connectivity index (χ2v) is 8.90. The highest BCUT2D eigenvalue weighted by atomic mass is 16.5. The van der Waals surface area contributed by atoms with E-state index in [2.05, 4.69) is 50.6 Å². The summed E-state index contributed by atoms with van der Waals surface area (Å²) in [6, 6.07) is 14.3. The molecule has 33 heavy (non-hydrogen) atoms. The number of rotatable bonds is 6. The zero-order valence-electron chi connectivity index (χ0n) is 19.2. The molecule has 7 heteroatoms. The van der Waals surface area contributed by atoms with Crippen LogP contribution in [0.25, 0.3) is 10.9 Å². The fraction of sp³-hybridized carbons (Fsp3) is 0.423. The van der Waals surface area contributed by atoms with Gasteiger partial charge in [0.15, 0.2) is 0 Å².